The number of piperazine rings is 1. The van der Waals surface area contributed by atoms with Crippen molar-refractivity contribution in [3.8, 4) is 0 Å². The van der Waals surface area contributed by atoms with Gasteiger partial charge in [-0.2, -0.15) is 0 Å². The first-order chi connectivity index (χ1) is 12.5. The first-order valence-corrected chi connectivity index (χ1v) is 10.6. The highest BCUT2D eigenvalue weighted by Gasteiger charge is 2.30. The number of hydrogen-bond acceptors (Lipinski definition) is 4. The molecule has 0 bridgehead atoms. The van der Waals surface area contributed by atoms with Crippen molar-refractivity contribution in [1.29, 1.82) is 0 Å². The van der Waals surface area contributed by atoms with Crippen LogP contribution in [-0.2, 0) is 9.59 Å². The second-order valence-corrected chi connectivity index (χ2v) is 8.75. The van der Waals surface area contributed by atoms with Gasteiger partial charge in [0, 0.05) is 44.7 Å². The van der Waals surface area contributed by atoms with E-state index in [9.17, 15) is 9.59 Å². The van der Waals surface area contributed by atoms with Gasteiger partial charge in [-0.1, -0.05) is 26.2 Å². The third kappa shape index (κ3) is 5.43. The molecule has 26 heavy (non-hydrogen) atoms. The Bertz CT molecular complexity index is 490. The second kappa shape index (κ2) is 9.18. The molecule has 0 aromatic carbocycles. The van der Waals surface area contributed by atoms with E-state index < -0.39 is 0 Å². The summed E-state index contributed by atoms with van der Waals surface area (Å²) in [4.78, 5) is 28.9. The zero-order valence-corrected chi connectivity index (χ0v) is 16.3. The number of carbonyl (C=O) groups is 2. The number of nitrogens with one attached hydrogen (secondary N) is 1. The van der Waals surface area contributed by atoms with Crippen molar-refractivity contribution in [3.63, 3.8) is 0 Å². The molecule has 4 atom stereocenters. The molecule has 3 rings (SSSR count). The molecule has 2 amide bonds. The van der Waals surface area contributed by atoms with Gasteiger partial charge < -0.3 is 16.0 Å². The number of nitrogens with zero attached hydrogens (tertiary/aromatic N) is 2. The van der Waals surface area contributed by atoms with E-state index >= 15 is 0 Å². The highest BCUT2D eigenvalue weighted by atomic mass is 16.2. The summed E-state index contributed by atoms with van der Waals surface area (Å²) in [6.07, 6.45) is 8.63. The molecule has 0 radical (unpaired) electrons. The van der Waals surface area contributed by atoms with Crippen molar-refractivity contribution in [1.82, 2.24) is 15.1 Å². The van der Waals surface area contributed by atoms with Crippen LogP contribution < -0.4 is 11.1 Å². The highest BCUT2D eigenvalue weighted by Crippen LogP contribution is 2.27. The van der Waals surface area contributed by atoms with Crippen molar-refractivity contribution >= 4 is 11.8 Å². The van der Waals surface area contributed by atoms with Crippen LogP contribution in [0, 0.1) is 11.8 Å². The first-order valence-electron chi connectivity index (χ1n) is 10.6. The standard InChI is InChI=1S/C20H36N4O2/c1-15-4-2-6-17(12-15)22-19(25)14-23-8-10-24(11-9-23)20(26)13-16-5-3-7-18(16)21/h15-18H,2-14,21H2,1H3,(H,22,25)/t15?,16-,17?,18+/m0/s1. The lowest BCUT2D eigenvalue weighted by atomic mass is 9.87. The molecule has 1 saturated heterocycles. The fourth-order valence-corrected chi connectivity index (χ4v) is 4.87. The van der Waals surface area contributed by atoms with Crippen LogP contribution in [0.2, 0.25) is 0 Å². The quantitative estimate of drug-likeness (QED) is 0.772. The van der Waals surface area contributed by atoms with E-state index in [0.29, 0.717) is 24.9 Å². The van der Waals surface area contributed by atoms with Gasteiger partial charge in [-0.25, -0.2) is 0 Å². The molecule has 148 valence electrons. The molecule has 2 aliphatic carbocycles. The van der Waals surface area contributed by atoms with Crippen LogP contribution in [0.3, 0.4) is 0 Å². The summed E-state index contributed by atoms with van der Waals surface area (Å²) < 4.78 is 0. The zero-order chi connectivity index (χ0) is 18.5. The molecular weight excluding hydrogens is 328 g/mol. The highest BCUT2D eigenvalue weighted by molar-refractivity contribution is 5.78. The Kier molecular flexibility index (Phi) is 6.92. The van der Waals surface area contributed by atoms with E-state index in [1.807, 2.05) is 4.90 Å². The molecule has 2 saturated carbocycles. The van der Waals surface area contributed by atoms with Crippen LogP contribution >= 0.6 is 0 Å². The Hall–Kier alpha value is -1.14. The fourth-order valence-electron chi connectivity index (χ4n) is 4.87. The van der Waals surface area contributed by atoms with Gasteiger partial charge in [0.25, 0.3) is 0 Å². The average molecular weight is 365 g/mol. The van der Waals surface area contributed by atoms with Crippen molar-refractivity contribution in [3.05, 3.63) is 0 Å². The van der Waals surface area contributed by atoms with Crippen LogP contribution in [0.15, 0.2) is 0 Å². The maximum absolute atomic E-state index is 12.5. The molecule has 0 aromatic heterocycles. The van der Waals surface area contributed by atoms with Crippen molar-refractivity contribution in [2.45, 2.75) is 70.4 Å². The van der Waals surface area contributed by atoms with E-state index in [-0.39, 0.29) is 17.9 Å². The zero-order valence-electron chi connectivity index (χ0n) is 16.3. The molecule has 6 heteroatoms. The molecule has 0 spiro atoms. The Balaban J connectivity index is 1.35. The molecule has 3 N–H and O–H groups in total. The van der Waals surface area contributed by atoms with E-state index in [2.05, 4.69) is 17.1 Å². The lowest BCUT2D eigenvalue weighted by Crippen LogP contribution is -2.52. The number of hydrogen-bond donors (Lipinski definition) is 2. The summed E-state index contributed by atoms with van der Waals surface area (Å²) in [6.45, 7) is 5.77. The van der Waals surface area contributed by atoms with Gasteiger partial charge in [0.2, 0.25) is 11.8 Å². The predicted octanol–water partition coefficient (Wildman–Crippen LogP) is 1.34. The largest absolute Gasteiger partial charge is 0.352 e. The molecule has 6 nitrogen and oxygen atoms in total. The number of rotatable bonds is 5. The van der Waals surface area contributed by atoms with E-state index in [1.165, 1.54) is 12.8 Å². The van der Waals surface area contributed by atoms with Crippen LogP contribution in [0.4, 0.5) is 0 Å². The van der Waals surface area contributed by atoms with Gasteiger partial charge in [-0.3, -0.25) is 14.5 Å². The van der Waals surface area contributed by atoms with Crippen LogP contribution in [-0.4, -0.2) is 66.4 Å². The van der Waals surface area contributed by atoms with Crippen molar-refractivity contribution < 1.29 is 9.59 Å². The van der Waals surface area contributed by atoms with E-state index in [1.54, 1.807) is 0 Å². The molecule has 1 heterocycles. The van der Waals surface area contributed by atoms with E-state index in [0.717, 1.165) is 64.2 Å². The third-order valence-corrected chi connectivity index (χ3v) is 6.55. The topological polar surface area (TPSA) is 78.7 Å². The smallest absolute Gasteiger partial charge is 0.234 e. The Labute approximate surface area is 157 Å². The minimum Gasteiger partial charge on any atom is -0.352 e. The average Bonchev–Trinajstić information content (AvgIpc) is 3.00. The monoisotopic (exact) mass is 364 g/mol. The summed E-state index contributed by atoms with van der Waals surface area (Å²) in [7, 11) is 0. The summed E-state index contributed by atoms with van der Waals surface area (Å²) in [6, 6.07) is 0.552. The number of nitrogens with two attached hydrogens (primary N) is 1. The SMILES string of the molecule is CC1CCCC(NC(=O)CN2CCN(C(=O)C[C@@H]3CCC[C@H]3N)CC2)C1. The lowest BCUT2D eigenvalue weighted by Gasteiger charge is -2.35. The third-order valence-electron chi connectivity index (χ3n) is 6.55. The Morgan fingerprint density at radius 2 is 1.77 bits per heavy atom. The summed E-state index contributed by atoms with van der Waals surface area (Å²) in [5.74, 6) is 1.47. The molecule has 0 aromatic rings. The van der Waals surface area contributed by atoms with Crippen LogP contribution in [0.25, 0.3) is 0 Å². The second-order valence-electron chi connectivity index (χ2n) is 8.75. The minimum atomic E-state index is 0.140. The van der Waals surface area contributed by atoms with Crippen LogP contribution in [0.1, 0.15) is 58.3 Å². The molecule has 1 aliphatic heterocycles. The van der Waals surface area contributed by atoms with Gasteiger partial charge in [0.15, 0.2) is 0 Å². The fraction of sp³-hybridized carbons (Fsp3) is 0.900. The van der Waals surface area contributed by atoms with Gasteiger partial charge in [0.1, 0.15) is 0 Å². The molecule has 3 fully saturated rings. The molecule has 2 unspecified atom stereocenters. The predicted molar refractivity (Wildman–Crippen MR) is 103 cm³/mol. The van der Waals surface area contributed by atoms with Gasteiger partial charge >= 0.3 is 0 Å². The summed E-state index contributed by atoms with van der Waals surface area (Å²) >= 11 is 0. The van der Waals surface area contributed by atoms with Gasteiger partial charge in [-0.15, -0.1) is 0 Å². The summed E-state index contributed by atoms with van der Waals surface area (Å²) in [5, 5.41) is 3.21. The minimum absolute atomic E-state index is 0.140. The van der Waals surface area contributed by atoms with Crippen molar-refractivity contribution in [2.75, 3.05) is 32.7 Å². The number of carbonyl (C=O) groups excluding carboxylic acids is 2. The maximum Gasteiger partial charge on any atom is 0.234 e. The molecular formula is C20H36N4O2. The van der Waals surface area contributed by atoms with E-state index in [4.69, 9.17) is 5.73 Å². The van der Waals surface area contributed by atoms with Crippen LogP contribution in [0.5, 0.6) is 0 Å². The molecule has 3 aliphatic rings. The maximum atomic E-state index is 12.5. The first kappa shape index (κ1) is 19.6. The Morgan fingerprint density at radius 1 is 1.04 bits per heavy atom. The summed E-state index contributed by atoms with van der Waals surface area (Å²) in [5.41, 5.74) is 6.10. The lowest BCUT2D eigenvalue weighted by molar-refractivity contribution is -0.134. The number of amides is 2. The normalized spacial score (nSPS) is 33.2. The van der Waals surface area contributed by atoms with Gasteiger partial charge in [-0.05, 0) is 37.5 Å². The Morgan fingerprint density at radius 3 is 2.42 bits per heavy atom. The van der Waals surface area contributed by atoms with Crippen molar-refractivity contribution in [2.24, 2.45) is 17.6 Å². The van der Waals surface area contributed by atoms with Gasteiger partial charge in [0.05, 0.1) is 6.54 Å².